The molecule has 0 amide bonds. The number of hydrogen-bond donors (Lipinski definition) is 2. The van der Waals surface area contributed by atoms with Crippen LogP contribution in [0.4, 0.5) is 0 Å². The predicted octanol–water partition coefficient (Wildman–Crippen LogP) is 2.26. The van der Waals surface area contributed by atoms with Crippen LogP contribution in [0.25, 0.3) is 0 Å². The van der Waals surface area contributed by atoms with E-state index in [-0.39, 0.29) is 11.4 Å². The average Bonchev–Trinajstić information content (AvgIpc) is 2.08. The van der Waals surface area contributed by atoms with Crippen molar-refractivity contribution in [3.05, 3.63) is 48.6 Å². The fraction of sp³-hybridized carbons (Fsp3) is 0. The third-order valence-corrected chi connectivity index (χ3v) is 1.37. The van der Waals surface area contributed by atoms with Crippen LogP contribution in [0.3, 0.4) is 0 Å². The van der Waals surface area contributed by atoms with Crippen LogP contribution in [-0.2, 0) is 0 Å². The molecule has 0 saturated heterocycles. The van der Waals surface area contributed by atoms with Crippen LogP contribution in [0.2, 0.25) is 0 Å². The standard InChI is InChI=1S/C10H10N2/c11-9-7-5-3-1-2-4-6-8-10(9)12/h1-8,11-12H/b3-1-,4-2-,7-5-,8-6-,11-9?,12-10?. The fourth-order valence-electron chi connectivity index (χ4n) is 0.740. The molecule has 0 unspecified atom stereocenters. The summed E-state index contributed by atoms with van der Waals surface area (Å²) in [6.45, 7) is 0. The van der Waals surface area contributed by atoms with Gasteiger partial charge in [0.15, 0.2) is 0 Å². The van der Waals surface area contributed by atoms with Gasteiger partial charge in [-0.1, -0.05) is 36.5 Å². The Kier molecular flexibility index (Phi) is 2.96. The van der Waals surface area contributed by atoms with Crippen molar-refractivity contribution in [2.45, 2.75) is 0 Å². The first kappa shape index (κ1) is 8.40. The molecule has 2 N–H and O–H groups in total. The Morgan fingerprint density at radius 2 is 0.917 bits per heavy atom. The van der Waals surface area contributed by atoms with Crippen molar-refractivity contribution in [2.24, 2.45) is 0 Å². The van der Waals surface area contributed by atoms with Crippen molar-refractivity contribution in [1.82, 2.24) is 0 Å². The molecule has 0 aromatic heterocycles. The van der Waals surface area contributed by atoms with Gasteiger partial charge in [0.1, 0.15) is 0 Å². The van der Waals surface area contributed by atoms with Crippen LogP contribution in [0.15, 0.2) is 48.6 Å². The quantitative estimate of drug-likeness (QED) is 0.543. The summed E-state index contributed by atoms with van der Waals surface area (Å²) in [4.78, 5) is 0. The molecule has 0 fully saturated rings. The van der Waals surface area contributed by atoms with Crippen LogP contribution in [0.1, 0.15) is 0 Å². The molecule has 0 spiro atoms. The molecule has 0 heterocycles. The summed E-state index contributed by atoms with van der Waals surface area (Å²) in [5.74, 6) is 0. The highest BCUT2D eigenvalue weighted by molar-refractivity contribution is 6.48. The third kappa shape index (κ3) is 2.50. The molecule has 0 saturated carbocycles. The Balaban J connectivity index is 2.88. The van der Waals surface area contributed by atoms with Gasteiger partial charge in [0, 0.05) is 0 Å². The van der Waals surface area contributed by atoms with Crippen molar-refractivity contribution < 1.29 is 0 Å². The highest BCUT2D eigenvalue weighted by Gasteiger charge is 1.94. The second-order valence-corrected chi connectivity index (χ2v) is 2.32. The highest BCUT2D eigenvalue weighted by Crippen LogP contribution is 1.90. The normalized spacial score (nSPS) is 27.7. The molecule has 0 aliphatic heterocycles. The lowest BCUT2D eigenvalue weighted by Gasteiger charge is -1.93. The number of nitrogens with one attached hydrogen (secondary N) is 2. The largest absolute Gasteiger partial charge is 0.299 e. The van der Waals surface area contributed by atoms with E-state index in [1.807, 2.05) is 24.3 Å². The lowest BCUT2D eigenvalue weighted by atomic mass is 10.2. The first-order valence-corrected chi connectivity index (χ1v) is 3.66. The first-order chi connectivity index (χ1) is 5.80. The summed E-state index contributed by atoms with van der Waals surface area (Å²) in [5, 5.41) is 14.8. The van der Waals surface area contributed by atoms with Crippen LogP contribution in [-0.4, -0.2) is 11.4 Å². The minimum Gasteiger partial charge on any atom is -0.299 e. The van der Waals surface area contributed by atoms with Gasteiger partial charge in [0.25, 0.3) is 0 Å². The second-order valence-electron chi connectivity index (χ2n) is 2.32. The van der Waals surface area contributed by atoms with Gasteiger partial charge in [-0.2, -0.15) is 0 Å². The summed E-state index contributed by atoms with van der Waals surface area (Å²) in [6.07, 6.45) is 14.1. The Morgan fingerprint density at radius 3 is 1.33 bits per heavy atom. The van der Waals surface area contributed by atoms with Crippen LogP contribution in [0.5, 0.6) is 0 Å². The van der Waals surface area contributed by atoms with Crippen molar-refractivity contribution in [1.29, 1.82) is 10.8 Å². The molecular weight excluding hydrogens is 148 g/mol. The maximum absolute atomic E-state index is 7.38. The SMILES string of the molecule is N=C1\C=C/C=C\C=C/C=C\C1=N. The summed E-state index contributed by atoms with van der Waals surface area (Å²) in [6, 6.07) is 0. The smallest absolute Gasteiger partial charge is 0.0789 e. The molecule has 12 heavy (non-hydrogen) atoms. The molecule has 0 aromatic rings. The molecule has 0 radical (unpaired) electrons. The Bertz CT molecular complexity index is 272. The van der Waals surface area contributed by atoms with E-state index in [0.717, 1.165) is 0 Å². The van der Waals surface area contributed by atoms with Crippen molar-refractivity contribution in [2.75, 3.05) is 0 Å². The van der Waals surface area contributed by atoms with E-state index in [1.54, 1.807) is 24.3 Å². The summed E-state index contributed by atoms with van der Waals surface area (Å²) in [5.41, 5.74) is 0.456. The van der Waals surface area contributed by atoms with Gasteiger partial charge in [-0.3, -0.25) is 10.8 Å². The zero-order valence-corrected chi connectivity index (χ0v) is 6.62. The van der Waals surface area contributed by atoms with E-state index in [1.165, 1.54) is 0 Å². The zero-order chi connectivity index (χ0) is 8.81. The third-order valence-electron chi connectivity index (χ3n) is 1.37. The maximum atomic E-state index is 7.38. The molecule has 1 aliphatic rings. The number of allylic oxidation sites excluding steroid dienone is 8. The van der Waals surface area contributed by atoms with E-state index in [4.69, 9.17) is 10.8 Å². The second kappa shape index (κ2) is 4.23. The zero-order valence-electron chi connectivity index (χ0n) is 6.62. The van der Waals surface area contributed by atoms with Crippen molar-refractivity contribution in [3.63, 3.8) is 0 Å². The summed E-state index contributed by atoms with van der Waals surface area (Å²) >= 11 is 0. The van der Waals surface area contributed by atoms with Gasteiger partial charge < -0.3 is 0 Å². The molecule has 2 nitrogen and oxygen atoms in total. The predicted molar refractivity (Wildman–Crippen MR) is 52.0 cm³/mol. The average molecular weight is 158 g/mol. The monoisotopic (exact) mass is 158 g/mol. The van der Waals surface area contributed by atoms with E-state index >= 15 is 0 Å². The van der Waals surface area contributed by atoms with E-state index < -0.39 is 0 Å². The van der Waals surface area contributed by atoms with Crippen molar-refractivity contribution >= 4 is 11.4 Å². The van der Waals surface area contributed by atoms with E-state index in [0.29, 0.717) is 0 Å². The van der Waals surface area contributed by atoms with Crippen molar-refractivity contribution in [3.8, 4) is 0 Å². The van der Waals surface area contributed by atoms with E-state index in [9.17, 15) is 0 Å². The molecule has 0 bridgehead atoms. The summed E-state index contributed by atoms with van der Waals surface area (Å²) in [7, 11) is 0. The lowest BCUT2D eigenvalue weighted by Crippen LogP contribution is -2.04. The molecule has 1 aliphatic carbocycles. The Hall–Kier alpha value is -1.70. The first-order valence-electron chi connectivity index (χ1n) is 3.66. The van der Waals surface area contributed by atoms with Gasteiger partial charge in [-0.25, -0.2) is 0 Å². The van der Waals surface area contributed by atoms with Gasteiger partial charge in [0.2, 0.25) is 0 Å². The number of rotatable bonds is 0. The van der Waals surface area contributed by atoms with Crippen LogP contribution >= 0.6 is 0 Å². The molecule has 1 rings (SSSR count). The summed E-state index contributed by atoms with van der Waals surface area (Å²) < 4.78 is 0. The Morgan fingerprint density at radius 1 is 0.583 bits per heavy atom. The minimum atomic E-state index is 0.228. The molecular formula is C10H10N2. The number of hydrogen-bond acceptors (Lipinski definition) is 2. The van der Waals surface area contributed by atoms with Gasteiger partial charge in [0.05, 0.1) is 11.4 Å². The minimum absolute atomic E-state index is 0.228. The fourth-order valence-corrected chi connectivity index (χ4v) is 0.740. The van der Waals surface area contributed by atoms with Gasteiger partial charge in [-0.05, 0) is 12.2 Å². The molecule has 60 valence electrons. The van der Waals surface area contributed by atoms with Crippen LogP contribution < -0.4 is 0 Å². The lowest BCUT2D eigenvalue weighted by molar-refractivity contribution is 1.49. The molecule has 2 heteroatoms. The molecule has 0 atom stereocenters. The maximum Gasteiger partial charge on any atom is 0.0789 e. The highest BCUT2D eigenvalue weighted by atomic mass is 14.5. The molecule has 0 aromatic carbocycles. The van der Waals surface area contributed by atoms with Gasteiger partial charge >= 0.3 is 0 Å². The van der Waals surface area contributed by atoms with Crippen LogP contribution in [0, 0.1) is 10.8 Å². The topological polar surface area (TPSA) is 47.7 Å². The van der Waals surface area contributed by atoms with Gasteiger partial charge in [-0.15, -0.1) is 0 Å². The van der Waals surface area contributed by atoms with E-state index in [2.05, 4.69) is 0 Å². The Labute approximate surface area is 71.6 Å².